The molecule has 3 heterocycles. The Morgan fingerprint density at radius 2 is 2.00 bits per heavy atom. The number of anilines is 4. The molecule has 0 spiro atoms. The molecule has 0 fully saturated rings. The number of para-hydroxylation sites is 1. The molecule has 44 heavy (non-hydrogen) atoms. The zero-order chi connectivity index (χ0) is 31.4. The van der Waals surface area contributed by atoms with E-state index < -0.39 is 12.0 Å². The van der Waals surface area contributed by atoms with E-state index in [0.29, 0.717) is 48.5 Å². The van der Waals surface area contributed by atoms with Crippen LogP contribution in [0.1, 0.15) is 19.5 Å². The smallest absolute Gasteiger partial charge is 0.407 e. The number of benzene rings is 2. The first-order chi connectivity index (χ1) is 21.2. The number of hydrogen-bond acceptors (Lipinski definition) is 8. The highest BCUT2D eigenvalue weighted by Gasteiger charge is 2.23. The minimum absolute atomic E-state index is 0.180. The normalized spacial score (nSPS) is 12.5. The van der Waals surface area contributed by atoms with E-state index in [1.807, 2.05) is 44.0 Å². The van der Waals surface area contributed by atoms with Gasteiger partial charge in [-0.3, -0.25) is 4.79 Å². The first kappa shape index (κ1) is 30.4. The number of nitrogens with zero attached hydrogens (tertiary/aromatic N) is 5. The average molecular weight is 600 g/mol. The lowest BCUT2D eigenvalue weighted by molar-refractivity contribution is -0.111. The zero-order valence-electron chi connectivity index (χ0n) is 25.3. The van der Waals surface area contributed by atoms with Gasteiger partial charge in [-0.25, -0.2) is 14.8 Å². The van der Waals surface area contributed by atoms with Crippen molar-refractivity contribution in [3.05, 3.63) is 67.0 Å². The number of methoxy groups -OCH3 is 1. The van der Waals surface area contributed by atoms with Crippen LogP contribution in [-0.2, 0) is 22.7 Å². The Balaban J connectivity index is 1.49. The molecular weight excluding hydrogens is 562 g/mol. The van der Waals surface area contributed by atoms with Gasteiger partial charge >= 0.3 is 6.09 Å². The van der Waals surface area contributed by atoms with Gasteiger partial charge in [0.1, 0.15) is 5.75 Å². The third-order valence-corrected chi connectivity index (χ3v) is 7.65. The SMILES string of the molecule is C=CC(=O)Nc1cc(Nc2nccc(-c3c4n(c5ccccc35)CCOC4)n2)c(OC)cc1N(C)CCN(C(=O)O)C(C)C. The summed E-state index contributed by atoms with van der Waals surface area (Å²) in [6.45, 7) is 9.79. The van der Waals surface area contributed by atoms with Crippen molar-refractivity contribution in [1.29, 1.82) is 0 Å². The summed E-state index contributed by atoms with van der Waals surface area (Å²) in [5, 5.41) is 16.8. The van der Waals surface area contributed by atoms with Crippen LogP contribution in [0.3, 0.4) is 0 Å². The first-order valence-corrected chi connectivity index (χ1v) is 14.4. The lowest BCUT2D eigenvalue weighted by atomic mass is 10.1. The number of ether oxygens (including phenoxy) is 2. The first-order valence-electron chi connectivity index (χ1n) is 14.4. The van der Waals surface area contributed by atoms with Crippen LogP contribution in [0.5, 0.6) is 5.75 Å². The van der Waals surface area contributed by atoms with Gasteiger partial charge in [0.15, 0.2) is 0 Å². The third-order valence-electron chi connectivity index (χ3n) is 7.65. The molecule has 2 aromatic carbocycles. The highest BCUT2D eigenvalue weighted by atomic mass is 16.5. The molecule has 0 aliphatic carbocycles. The minimum Gasteiger partial charge on any atom is -0.494 e. The van der Waals surface area contributed by atoms with Gasteiger partial charge in [-0.15, -0.1) is 0 Å². The van der Waals surface area contributed by atoms with Gasteiger partial charge in [0.05, 0.1) is 48.8 Å². The molecule has 0 unspecified atom stereocenters. The molecule has 0 atom stereocenters. The summed E-state index contributed by atoms with van der Waals surface area (Å²) in [5.74, 6) is 0.435. The molecule has 12 nitrogen and oxygen atoms in total. The maximum Gasteiger partial charge on any atom is 0.407 e. The van der Waals surface area contributed by atoms with Crippen molar-refractivity contribution in [3.63, 3.8) is 0 Å². The maximum absolute atomic E-state index is 12.4. The van der Waals surface area contributed by atoms with Crippen LogP contribution in [0, 0.1) is 0 Å². The van der Waals surface area contributed by atoms with Crippen molar-refractivity contribution in [1.82, 2.24) is 19.4 Å². The Labute approximate surface area is 255 Å². The molecule has 4 aromatic rings. The van der Waals surface area contributed by atoms with Crippen LogP contribution >= 0.6 is 0 Å². The van der Waals surface area contributed by atoms with Crippen molar-refractivity contribution in [3.8, 4) is 17.0 Å². The number of amides is 2. The highest BCUT2D eigenvalue weighted by molar-refractivity contribution is 6.02. The summed E-state index contributed by atoms with van der Waals surface area (Å²) >= 11 is 0. The molecule has 2 aromatic heterocycles. The molecule has 0 bridgehead atoms. The Morgan fingerprint density at radius 1 is 1.20 bits per heavy atom. The molecule has 0 saturated heterocycles. The summed E-state index contributed by atoms with van der Waals surface area (Å²) in [6, 6.07) is 13.5. The van der Waals surface area contributed by atoms with Gasteiger partial charge in [0.25, 0.3) is 0 Å². The van der Waals surface area contributed by atoms with E-state index in [2.05, 4.69) is 38.9 Å². The van der Waals surface area contributed by atoms with Crippen LogP contribution < -0.4 is 20.3 Å². The number of carbonyl (C=O) groups is 2. The standard InChI is InChI=1S/C32H37N7O5/c1-6-29(40)34-23-17-24(28(43-5)18-26(23)37(4)13-14-38(20(2)3)32(41)42)36-31-33-12-11-22(35-31)30-21-9-7-8-10-25(21)39-15-16-44-19-27(30)39/h6-12,17-18,20H,1,13-16,19H2,2-5H3,(H,34,40)(H,41,42)(H,33,35,36). The molecule has 2 amide bonds. The molecule has 0 radical (unpaired) electrons. The number of aromatic nitrogens is 3. The van der Waals surface area contributed by atoms with Gasteiger partial charge in [0.2, 0.25) is 11.9 Å². The van der Waals surface area contributed by atoms with Gasteiger partial charge in [-0.1, -0.05) is 24.8 Å². The number of nitrogens with one attached hydrogen (secondary N) is 2. The Morgan fingerprint density at radius 3 is 2.73 bits per heavy atom. The zero-order valence-corrected chi connectivity index (χ0v) is 25.3. The van der Waals surface area contributed by atoms with E-state index in [1.54, 1.807) is 25.4 Å². The second kappa shape index (κ2) is 13.0. The van der Waals surface area contributed by atoms with Crippen LogP contribution in [0.15, 0.2) is 61.3 Å². The molecule has 230 valence electrons. The number of likely N-dealkylation sites (N-methyl/N-ethyl adjacent to an activating group) is 1. The molecule has 12 heteroatoms. The summed E-state index contributed by atoms with van der Waals surface area (Å²) in [6.07, 6.45) is 1.89. The second-order valence-corrected chi connectivity index (χ2v) is 10.7. The number of carboxylic acid groups (broad SMARTS) is 1. The van der Waals surface area contributed by atoms with E-state index in [0.717, 1.165) is 34.4 Å². The predicted octanol–water partition coefficient (Wildman–Crippen LogP) is 5.33. The van der Waals surface area contributed by atoms with Crippen molar-refractivity contribution in [2.24, 2.45) is 0 Å². The number of hydrogen-bond donors (Lipinski definition) is 3. The van der Waals surface area contributed by atoms with E-state index >= 15 is 0 Å². The van der Waals surface area contributed by atoms with E-state index in [1.165, 1.54) is 11.0 Å². The largest absolute Gasteiger partial charge is 0.494 e. The summed E-state index contributed by atoms with van der Waals surface area (Å²) in [5.41, 5.74) is 5.61. The summed E-state index contributed by atoms with van der Waals surface area (Å²) in [7, 11) is 3.37. The van der Waals surface area contributed by atoms with Crippen LogP contribution in [0.4, 0.5) is 27.8 Å². The third kappa shape index (κ3) is 6.16. The quantitative estimate of drug-likeness (QED) is 0.196. The fourth-order valence-electron chi connectivity index (χ4n) is 5.44. The molecule has 1 aliphatic heterocycles. The maximum atomic E-state index is 12.4. The molecular formula is C32H37N7O5. The average Bonchev–Trinajstić information content (AvgIpc) is 3.35. The van der Waals surface area contributed by atoms with E-state index in [4.69, 9.17) is 14.5 Å². The Hall–Kier alpha value is -5.10. The molecule has 3 N–H and O–H groups in total. The monoisotopic (exact) mass is 599 g/mol. The van der Waals surface area contributed by atoms with Crippen molar-refractivity contribution in [2.75, 3.05) is 49.4 Å². The van der Waals surface area contributed by atoms with Gasteiger partial charge < -0.3 is 39.6 Å². The van der Waals surface area contributed by atoms with Gasteiger partial charge in [0, 0.05) is 61.5 Å². The summed E-state index contributed by atoms with van der Waals surface area (Å²) < 4.78 is 13.8. The lowest BCUT2D eigenvalue weighted by Gasteiger charge is -2.29. The van der Waals surface area contributed by atoms with Crippen molar-refractivity contribution < 1.29 is 24.2 Å². The van der Waals surface area contributed by atoms with Crippen LogP contribution in [-0.4, -0.2) is 76.4 Å². The fourth-order valence-corrected chi connectivity index (χ4v) is 5.44. The predicted molar refractivity (Wildman–Crippen MR) is 171 cm³/mol. The molecule has 5 rings (SSSR count). The summed E-state index contributed by atoms with van der Waals surface area (Å²) in [4.78, 5) is 36.6. The number of carbonyl (C=O) groups excluding carboxylic acids is 1. The Kier molecular flexibility index (Phi) is 9.00. The van der Waals surface area contributed by atoms with Crippen molar-refractivity contribution >= 4 is 45.9 Å². The minimum atomic E-state index is -0.991. The fraction of sp³-hybridized carbons (Fsp3) is 0.312. The second-order valence-electron chi connectivity index (χ2n) is 10.7. The Bertz CT molecular complexity index is 1700. The van der Waals surface area contributed by atoms with Crippen LogP contribution in [0.25, 0.3) is 22.2 Å². The van der Waals surface area contributed by atoms with E-state index in [-0.39, 0.29) is 12.6 Å². The molecule has 0 saturated carbocycles. The number of fused-ring (bicyclic) bond motifs is 3. The van der Waals surface area contributed by atoms with Gasteiger partial charge in [-0.05, 0) is 38.1 Å². The highest BCUT2D eigenvalue weighted by Crippen LogP contribution is 2.39. The lowest BCUT2D eigenvalue weighted by Crippen LogP contribution is -2.41. The van der Waals surface area contributed by atoms with Crippen molar-refractivity contribution in [2.45, 2.75) is 33.0 Å². The topological polar surface area (TPSA) is 134 Å². The van der Waals surface area contributed by atoms with E-state index in [9.17, 15) is 14.7 Å². The van der Waals surface area contributed by atoms with Gasteiger partial charge in [-0.2, -0.15) is 0 Å². The van der Waals surface area contributed by atoms with Crippen LogP contribution in [0.2, 0.25) is 0 Å². The molecule has 1 aliphatic rings. The number of rotatable bonds is 11.